The van der Waals surface area contributed by atoms with E-state index in [0.29, 0.717) is 5.57 Å². The Kier molecular flexibility index (Phi) is 4.91. The van der Waals surface area contributed by atoms with E-state index in [1.807, 2.05) is 19.1 Å². The predicted octanol–water partition coefficient (Wildman–Crippen LogP) is 1.66. The summed E-state index contributed by atoms with van der Waals surface area (Å²) in [5.74, 6) is 0.0475. The zero-order valence-electron chi connectivity index (χ0n) is 12.4. The average Bonchev–Trinajstić information content (AvgIpc) is 2.66. The van der Waals surface area contributed by atoms with Gasteiger partial charge in [-0.2, -0.15) is 29.8 Å². The maximum Gasteiger partial charge on any atom is 0.254 e. The van der Waals surface area contributed by atoms with Gasteiger partial charge in [0.05, 0.1) is 5.57 Å². The summed E-state index contributed by atoms with van der Waals surface area (Å²) in [4.78, 5) is 14.6. The topological polar surface area (TPSA) is 52.6 Å². The number of carbonyl (C=O) groups is 1. The zero-order valence-corrected chi connectivity index (χ0v) is 15.3. The van der Waals surface area contributed by atoms with Crippen molar-refractivity contribution in [2.75, 3.05) is 20.1 Å². The number of amides is 1. The molecule has 1 radical (unpaired) electrons. The van der Waals surface area contributed by atoms with Crippen LogP contribution in [0, 0.1) is 13.0 Å². The van der Waals surface area contributed by atoms with E-state index in [2.05, 4.69) is 23.3 Å². The van der Waals surface area contributed by atoms with Gasteiger partial charge in [0.2, 0.25) is 0 Å². The number of benzene rings is 1. The van der Waals surface area contributed by atoms with Crippen molar-refractivity contribution in [3.8, 4) is 0 Å². The van der Waals surface area contributed by atoms with Crippen molar-refractivity contribution in [2.24, 2.45) is 0 Å². The van der Waals surface area contributed by atoms with E-state index in [-0.39, 0.29) is 44.4 Å². The number of carbonyl (C=O) groups excluding carboxylic acids is 1. The second-order valence-corrected chi connectivity index (χ2v) is 5.80. The van der Waals surface area contributed by atoms with Gasteiger partial charge in [0.15, 0.2) is 0 Å². The third kappa shape index (κ3) is 2.81. The molecule has 3 rings (SSSR count). The number of nitrogens with one attached hydrogen (secondary N) is 1. The molecule has 1 fully saturated rings. The number of hydrogen-bond acceptors (Lipinski definition) is 3. The summed E-state index contributed by atoms with van der Waals surface area (Å²) < 4.78 is 0. The summed E-state index contributed by atoms with van der Waals surface area (Å²) in [7, 11) is 2.06. The quantitative estimate of drug-likeness (QED) is 0.749. The number of hydrogen-bond donors (Lipinski definition) is 2. The zero-order chi connectivity index (χ0) is 14.3. The number of aliphatic hydroxyl groups excluding tert-OH is 1. The molecule has 1 spiro atoms. The van der Waals surface area contributed by atoms with Crippen LogP contribution in [-0.4, -0.2) is 41.6 Å². The molecule has 2 aliphatic rings. The molecule has 5 heteroatoms. The van der Waals surface area contributed by atoms with Crippen molar-refractivity contribution >= 4 is 11.5 Å². The molecule has 4 nitrogen and oxygen atoms in total. The van der Waals surface area contributed by atoms with Crippen LogP contribution >= 0.6 is 0 Å². The maximum atomic E-state index is 12.3. The van der Waals surface area contributed by atoms with Crippen LogP contribution in [0.4, 0.5) is 0 Å². The number of nitrogens with zero attached hydrogens (tertiary/aromatic N) is 1. The number of rotatable bonds is 1. The Morgan fingerprint density at radius 1 is 1.38 bits per heavy atom. The summed E-state index contributed by atoms with van der Waals surface area (Å²) in [6.45, 7) is 3.68. The van der Waals surface area contributed by atoms with Crippen molar-refractivity contribution in [3.05, 3.63) is 41.2 Å². The van der Waals surface area contributed by atoms with Crippen molar-refractivity contribution in [1.82, 2.24) is 10.2 Å². The van der Waals surface area contributed by atoms with E-state index in [1.54, 1.807) is 6.07 Å². The van der Waals surface area contributed by atoms with Gasteiger partial charge in [0.25, 0.3) is 5.91 Å². The molecule has 0 atom stereocenters. The fraction of sp³-hybridized carbons (Fsp3) is 0.438. The first-order valence-corrected chi connectivity index (χ1v) is 6.95. The van der Waals surface area contributed by atoms with Gasteiger partial charge in [-0.25, -0.2) is 0 Å². The average molecular weight is 360 g/mol. The molecule has 1 aromatic rings. The first-order valence-electron chi connectivity index (χ1n) is 6.95. The fourth-order valence-electron chi connectivity index (χ4n) is 3.09. The van der Waals surface area contributed by atoms with Gasteiger partial charge in [-0.1, -0.05) is 6.92 Å². The Morgan fingerprint density at radius 3 is 2.67 bits per heavy atom. The van der Waals surface area contributed by atoms with E-state index in [1.165, 1.54) is 0 Å². The second kappa shape index (κ2) is 6.19. The minimum absolute atomic E-state index is 0. The molecule has 0 aliphatic carbocycles. The third-order valence-electron chi connectivity index (χ3n) is 4.45. The minimum Gasteiger partial charge on any atom is -0.509 e. The summed E-state index contributed by atoms with van der Waals surface area (Å²) in [5, 5.41) is 13.7. The van der Waals surface area contributed by atoms with Gasteiger partial charge in [-0.15, -0.1) is 5.56 Å². The van der Waals surface area contributed by atoms with Crippen LogP contribution < -0.4 is 5.32 Å². The van der Waals surface area contributed by atoms with Gasteiger partial charge in [0.1, 0.15) is 11.3 Å². The van der Waals surface area contributed by atoms with Crippen molar-refractivity contribution in [2.45, 2.75) is 25.3 Å². The van der Waals surface area contributed by atoms with E-state index in [9.17, 15) is 9.90 Å². The summed E-state index contributed by atoms with van der Waals surface area (Å²) >= 11 is 0. The molecule has 2 aliphatic heterocycles. The van der Waals surface area contributed by atoms with Crippen molar-refractivity contribution in [3.63, 3.8) is 0 Å². The molecule has 2 N–H and O–H groups in total. The van der Waals surface area contributed by atoms with E-state index < -0.39 is 5.54 Å². The summed E-state index contributed by atoms with van der Waals surface area (Å²) in [5.41, 5.74) is 1.62. The molecule has 1 saturated heterocycles. The monoisotopic (exact) mass is 360 g/mol. The standard InChI is InChI=1S/C16H19N2O2.Y/c1-11-5-3-4-6-12(11)13-14(19)16(17-15(13)20)7-9-18(2)10-8-16;/h4-6,19H,7-10H2,1-2H3,(H,17,20);/q-1;. The van der Waals surface area contributed by atoms with Gasteiger partial charge < -0.3 is 15.3 Å². The van der Waals surface area contributed by atoms with Crippen molar-refractivity contribution < 1.29 is 42.6 Å². The number of piperidine rings is 1. The predicted molar refractivity (Wildman–Crippen MR) is 77.2 cm³/mol. The molecular weight excluding hydrogens is 341 g/mol. The Bertz CT molecular complexity index is 590. The Balaban J connectivity index is 0.00000161. The van der Waals surface area contributed by atoms with E-state index in [0.717, 1.165) is 37.1 Å². The van der Waals surface area contributed by atoms with Crippen LogP contribution in [0.1, 0.15) is 24.0 Å². The largest absolute Gasteiger partial charge is 0.509 e. The first kappa shape index (κ1) is 16.7. The molecule has 1 aromatic carbocycles. The molecule has 0 unspecified atom stereocenters. The first-order chi connectivity index (χ1) is 9.53. The van der Waals surface area contributed by atoms with Crippen LogP contribution in [-0.2, 0) is 37.5 Å². The Hall–Kier alpha value is -0.706. The van der Waals surface area contributed by atoms with Crippen molar-refractivity contribution in [1.29, 1.82) is 0 Å². The molecule has 2 heterocycles. The smallest absolute Gasteiger partial charge is 0.254 e. The van der Waals surface area contributed by atoms with Gasteiger partial charge >= 0.3 is 0 Å². The SMILES string of the molecule is Cc1c[c-]ccc1C1=C(O)C2(CCN(C)CC2)NC1=O.[Y]. The third-order valence-corrected chi connectivity index (χ3v) is 4.45. The van der Waals surface area contributed by atoms with Crippen LogP contribution in [0.5, 0.6) is 0 Å². The van der Waals surface area contributed by atoms with Crippen LogP contribution in [0.3, 0.4) is 0 Å². The molecule has 1 amide bonds. The number of aliphatic hydroxyl groups is 1. The van der Waals surface area contributed by atoms with Crippen LogP contribution in [0.25, 0.3) is 5.57 Å². The van der Waals surface area contributed by atoms with E-state index >= 15 is 0 Å². The molecule has 21 heavy (non-hydrogen) atoms. The summed E-state index contributed by atoms with van der Waals surface area (Å²) in [6.07, 6.45) is 1.51. The van der Waals surface area contributed by atoms with Crippen LogP contribution in [0.15, 0.2) is 24.0 Å². The normalized spacial score (nSPS) is 21.3. The van der Waals surface area contributed by atoms with E-state index in [4.69, 9.17) is 0 Å². The fourth-order valence-corrected chi connectivity index (χ4v) is 3.09. The van der Waals surface area contributed by atoms with Gasteiger partial charge in [-0.05, 0) is 19.9 Å². The second-order valence-electron chi connectivity index (χ2n) is 5.80. The molecule has 0 aromatic heterocycles. The molecular formula is C16H19N2O2Y-. The number of likely N-dealkylation sites (tertiary alicyclic amines) is 1. The Labute approximate surface area is 150 Å². The maximum absolute atomic E-state index is 12.3. The molecule has 0 saturated carbocycles. The summed E-state index contributed by atoms with van der Waals surface area (Å²) in [6, 6.07) is 8.44. The Morgan fingerprint density at radius 2 is 2.05 bits per heavy atom. The van der Waals surface area contributed by atoms with Crippen LogP contribution in [0.2, 0.25) is 0 Å². The number of aryl methyl sites for hydroxylation is 1. The molecule has 109 valence electrons. The van der Waals surface area contributed by atoms with Gasteiger partial charge in [0, 0.05) is 45.8 Å². The minimum atomic E-state index is -0.565. The molecule has 0 bridgehead atoms. The van der Waals surface area contributed by atoms with Gasteiger partial charge in [-0.3, -0.25) is 4.79 Å².